The van der Waals surface area contributed by atoms with Gasteiger partial charge in [-0.15, -0.1) is 0 Å². The van der Waals surface area contributed by atoms with E-state index in [9.17, 15) is 0 Å². The Kier molecular flexibility index (Phi) is 2.07. The molecule has 0 radical (unpaired) electrons. The molecule has 1 aromatic carbocycles. The lowest BCUT2D eigenvalue weighted by Crippen LogP contribution is -1.83. The lowest BCUT2D eigenvalue weighted by atomic mass is 10.1. The first-order valence-corrected chi connectivity index (χ1v) is 4.32. The Bertz CT molecular complexity index is 409. The number of hydrogen-bond donors (Lipinski definition) is 0. The highest BCUT2D eigenvalue weighted by Crippen LogP contribution is 2.26. The molecule has 2 rings (SSSR count). The van der Waals surface area contributed by atoms with Crippen LogP contribution < -0.4 is 0 Å². The van der Waals surface area contributed by atoms with E-state index in [2.05, 4.69) is 5.16 Å². The molecule has 2 aromatic rings. The van der Waals surface area contributed by atoms with Crippen LogP contribution in [0.15, 0.2) is 35.1 Å². The lowest BCUT2D eigenvalue weighted by molar-refractivity contribution is 0.422. The number of nitrogens with zero attached hydrogens (tertiary/aromatic N) is 1. The maximum atomic E-state index is 5.97. The summed E-state index contributed by atoms with van der Waals surface area (Å²) >= 11 is 5.97. The summed E-state index contributed by atoms with van der Waals surface area (Å²) in [4.78, 5) is 0. The van der Waals surface area contributed by atoms with Gasteiger partial charge in [0.25, 0.3) is 0 Å². The molecule has 0 unspecified atom stereocenters. The van der Waals surface area contributed by atoms with Crippen molar-refractivity contribution in [3.8, 4) is 11.3 Å². The Morgan fingerprint density at radius 3 is 2.85 bits per heavy atom. The first-order valence-electron chi connectivity index (χ1n) is 3.95. The fourth-order valence-corrected chi connectivity index (χ4v) is 1.41. The van der Waals surface area contributed by atoms with E-state index in [1.165, 1.54) is 0 Å². The van der Waals surface area contributed by atoms with Gasteiger partial charge in [0.1, 0.15) is 12.0 Å². The summed E-state index contributed by atoms with van der Waals surface area (Å²) < 4.78 is 4.77. The third-order valence-corrected chi connectivity index (χ3v) is 2.39. The van der Waals surface area contributed by atoms with Crippen LogP contribution in [-0.4, -0.2) is 5.16 Å². The summed E-state index contributed by atoms with van der Waals surface area (Å²) in [5.41, 5.74) is 2.86. The van der Waals surface area contributed by atoms with Crippen molar-refractivity contribution in [1.82, 2.24) is 5.16 Å². The predicted octanol–water partition coefficient (Wildman–Crippen LogP) is 3.30. The molecule has 3 heteroatoms. The zero-order valence-corrected chi connectivity index (χ0v) is 7.88. The summed E-state index contributed by atoms with van der Waals surface area (Å²) in [7, 11) is 0. The molecule has 0 saturated heterocycles. The summed E-state index contributed by atoms with van der Waals surface area (Å²) in [5, 5.41) is 4.61. The Morgan fingerprint density at radius 2 is 2.15 bits per heavy atom. The minimum Gasteiger partial charge on any atom is -0.364 e. The lowest BCUT2D eigenvalue weighted by Gasteiger charge is -2.02. The van der Waals surface area contributed by atoms with Gasteiger partial charge in [0.15, 0.2) is 0 Å². The number of aromatic nitrogens is 1. The van der Waals surface area contributed by atoms with Gasteiger partial charge in [-0.1, -0.05) is 28.9 Å². The molecule has 1 aromatic heterocycles. The van der Waals surface area contributed by atoms with Crippen molar-refractivity contribution in [2.45, 2.75) is 6.92 Å². The molecule has 0 spiro atoms. The highest BCUT2D eigenvalue weighted by molar-refractivity contribution is 6.31. The third-order valence-electron chi connectivity index (χ3n) is 1.98. The minimum absolute atomic E-state index is 0.750. The number of hydrogen-bond acceptors (Lipinski definition) is 2. The molecule has 0 fully saturated rings. The Hall–Kier alpha value is -1.28. The zero-order chi connectivity index (χ0) is 9.26. The van der Waals surface area contributed by atoms with E-state index in [-0.39, 0.29) is 0 Å². The average Bonchev–Trinajstić information content (AvgIpc) is 2.62. The first-order chi connectivity index (χ1) is 6.29. The normalized spacial score (nSPS) is 10.3. The van der Waals surface area contributed by atoms with Gasteiger partial charge in [-0.3, -0.25) is 0 Å². The van der Waals surface area contributed by atoms with E-state index in [1.54, 1.807) is 6.26 Å². The summed E-state index contributed by atoms with van der Waals surface area (Å²) in [6, 6.07) is 7.55. The second kappa shape index (κ2) is 3.23. The fourth-order valence-electron chi connectivity index (χ4n) is 1.24. The van der Waals surface area contributed by atoms with Crippen LogP contribution in [0.4, 0.5) is 0 Å². The highest BCUT2D eigenvalue weighted by Gasteiger charge is 2.06. The summed E-state index contributed by atoms with van der Waals surface area (Å²) in [6.45, 7) is 1.96. The fraction of sp³-hybridized carbons (Fsp3) is 0.100. The molecule has 1 heterocycles. The van der Waals surface area contributed by atoms with E-state index in [4.69, 9.17) is 16.1 Å². The van der Waals surface area contributed by atoms with Crippen molar-refractivity contribution >= 4 is 11.6 Å². The zero-order valence-electron chi connectivity index (χ0n) is 7.12. The molecule has 0 bridgehead atoms. The van der Waals surface area contributed by atoms with Crippen LogP contribution in [0.2, 0.25) is 5.02 Å². The monoisotopic (exact) mass is 193 g/mol. The average molecular weight is 194 g/mol. The van der Waals surface area contributed by atoms with Crippen LogP contribution in [0.3, 0.4) is 0 Å². The van der Waals surface area contributed by atoms with Gasteiger partial charge in [-0.2, -0.15) is 0 Å². The van der Waals surface area contributed by atoms with Gasteiger partial charge in [-0.25, -0.2) is 0 Å². The van der Waals surface area contributed by atoms with Crippen LogP contribution in [0.5, 0.6) is 0 Å². The molecule has 2 nitrogen and oxygen atoms in total. The number of halogens is 1. The standard InChI is InChI=1S/C10H8ClNO/c1-7-8(3-2-4-9(7)11)10-5-6-13-12-10/h2-6H,1H3. The molecular formula is C10H8ClNO. The second-order valence-electron chi connectivity index (χ2n) is 2.80. The molecular weight excluding hydrogens is 186 g/mol. The van der Waals surface area contributed by atoms with Crippen molar-refractivity contribution in [3.63, 3.8) is 0 Å². The highest BCUT2D eigenvalue weighted by atomic mass is 35.5. The van der Waals surface area contributed by atoms with Crippen LogP contribution >= 0.6 is 11.6 Å². The van der Waals surface area contributed by atoms with Crippen molar-refractivity contribution in [2.75, 3.05) is 0 Å². The van der Waals surface area contributed by atoms with Crippen molar-refractivity contribution in [2.24, 2.45) is 0 Å². The molecule has 0 N–H and O–H groups in total. The molecule has 0 aliphatic carbocycles. The van der Waals surface area contributed by atoms with Crippen LogP contribution in [0.1, 0.15) is 5.56 Å². The van der Waals surface area contributed by atoms with E-state index >= 15 is 0 Å². The van der Waals surface area contributed by atoms with Crippen LogP contribution in [-0.2, 0) is 0 Å². The summed E-state index contributed by atoms with van der Waals surface area (Å²) in [6.07, 6.45) is 1.55. The molecule has 0 amide bonds. The maximum absolute atomic E-state index is 5.97. The Morgan fingerprint density at radius 1 is 1.31 bits per heavy atom. The number of rotatable bonds is 1. The quantitative estimate of drug-likeness (QED) is 0.695. The topological polar surface area (TPSA) is 26.0 Å². The van der Waals surface area contributed by atoms with Crippen LogP contribution in [0.25, 0.3) is 11.3 Å². The molecule has 0 aliphatic heterocycles. The molecule has 66 valence electrons. The Balaban J connectivity index is 2.59. The summed E-state index contributed by atoms with van der Waals surface area (Å²) in [5.74, 6) is 0. The smallest absolute Gasteiger partial charge is 0.124 e. The van der Waals surface area contributed by atoms with Gasteiger partial charge in [0.2, 0.25) is 0 Å². The SMILES string of the molecule is Cc1c(Cl)cccc1-c1ccon1. The maximum Gasteiger partial charge on any atom is 0.124 e. The molecule has 0 saturated carbocycles. The molecule has 0 atom stereocenters. The third kappa shape index (κ3) is 1.45. The Labute approximate surface area is 81.1 Å². The predicted molar refractivity (Wildman–Crippen MR) is 51.7 cm³/mol. The van der Waals surface area contributed by atoms with Crippen molar-refractivity contribution in [3.05, 3.63) is 41.1 Å². The van der Waals surface area contributed by atoms with Crippen molar-refractivity contribution < 1.29 is 4.52 Å². The van der Waals surface area contributed by atoms with E-state index in [1.807, 2.05) is 31.2 Å². The first kappa shape index (κ1) is 8.32. The van der Waals surface area contributed by atoms with E-state index in [0.717, 1.165) is 21.8 Å². The van der Waals surface area contributed by atoms with Crippen LogP contribution in [0, 0.1) is 6.92 Å². The van der Waals surface area contributed by atoms with Gasteiger partial charge in [-0.05, 0) is 18.6 Å². The van der Waals surface area contributed by atoms with Gasteiger partial charge in [0, 0.05) is 16.7 Å². The minimum atomic E-state index is 0.750. The van der Waals surface area contributed by atoms with Gasteiger partial charge < -0.3 is 4.52 Å². The molecule has 0 aliphatic rings. The van der Waals surface area contributed by atoms with Crippen molar-refractivity contribution in [1.29, 1.82) is 0 Å². The molecule has 13 heavy (non-hydrogen) atoms. The van der Waals surface area contributed by atoms with Gasteiger partial charge >= 0.3 is 0 Å². The van der Waals surface area contributed by atoms with Gasteiger partial charge in [0.05, 0.1) is 0 Å². The number of benzene rings is 1. The van der Waals surface area contributed by atoms with E-state index in [0.29, 0.717) is 0 Å². The largest absolute Gasteiger partial charge is 0.364 e. The van der Waals surface area contributed by atoms with E-state index < -0.39 is 0 Å². The second-order valence-corrected chi connectivity index (χ2v) is 3.20.